The van der Waals surface area contributed by atoms with Crippen LogP contribution in [0.5, 0.6) is 0 Å². The average molecular weight is 433 g/mol. The van der Waals surface area contributed by atoms with Gasteiger partial charge in [0.2, 0.25) is 0 Å². The van der Waals surface area contributed by atoms with Gasteiger partial charge in [-0.1, -0.05) is 35.0 Å². The van der Waals surface area contributed by atoms with Crippen molar-refractivity contribution < 1.29 is 17.9 Å². The third-order valence-electron chi connectivity index (χ3n) is 4.35. The Hall–Kier alpha value is -1.12. The second-order valence-corrected chi connectivity index (χ2v) is 10.6. The predicted octanol–water partition coefficient (Wildman–Crippen LogP) is 2.57. The molecule has 8 heteroatoms. The van der Waals surface area contributed by atoms with Gasteiger partial charge in [-0.3, -0.25) is 0 Å². The van der Waals surface area contributed by atoms with Gasteiger partial charge in [0.1, 0.15) is 5.60 Å². The number of ether oxygens (including phenoxy) is 1. The molecule has 3 N–H and O–H groups in total. The van der Waals surface area contributed by atoms with Crippen molar-refractivity contribution in [1.82, 2.24) is 5.32 Å². The molecule has 140 valence electrons. The van der Waals surface area contributed by atoms with Gasteiger partial charge in [0, 0.05) is 22.7 Å². The molecule has 1 amide bonds. The van der Waals surface area contributed by atoms with E-state index in [9.17, 15) is 13.2 Å². The van der Waals surface area contributed by atoms with Gasteiger partial charge in [-0.15, -0.1) is 0 Å². The maximum atomic E-state index is 12.6. The van der Waals surface area contributed by atoms with Crippen LogP contribution in [0.15, 0.2) is 28.7 Å². The number of sulfone groups is 1. The number of carbonyl (C=O) groups excluding carboxylic acids is 1. The quantitative estimate of drug-likeness (QED) is 0.744. The van der Waals surface area contributed by atoms with Crippen LogP contribution in [0.25, 0.3) is 0 Å². The SMILES string of the molecule is CCS(=O)(=O)[C@H]1[C@@H](c2ccc(Br)cc2)[C@@]1(CN)NC(=O)OC(C)(C)C. The Bertz CT molecular complexity index is 743. The fraction of sp³-hybridized carbons (Fsp3) is 0.588. The second-order valence-electron chi connectivity index (χ2n) is 7.27. The predicted molar refractivity (Wildman–Crippen MR) is 101 cm³/mol. The van der Waals surface area contributed by atoms with Crippen molar-refractivity contribution >= 4 is 31.9 Å². The number of hydrogen-bond donors (Lipinski definition) is 2. The number of hydrogen-bond acceptors (Lipinski definition) is 5. The van der Waals surface area contributed by atoms with Gasteiger partial charge < -0.3 is 15.8 Å². The minimum Gasteiger partial charge on any atom is -0.444 e. The summed E-state index contributed by atoms with van der Waals surface area (Å²) in [4.78, 5) is 12.3. The highest BCUT2D eigenvalue weighted by Crippen LogP contribution is 2.55. The number of nitrogens with one attached hydrogen (secondary N) is 1. The third-order valence-corrected chi connectivity index (χ3v) is 7.15. The first-order valence-electron chi connectivity index (χ1n) is 8.15. The van der Waals surface area contributed by atoms with E-state index in [1.54, 1.807) is 27.7 Å². The first kappa shape index (κ1) is 20.2. The molecule has 0 spiro atoms. The van der Waals surface area contributed by atoms with E-state index in [0.29, 0.717) is 0 Å². The van der Waals surface area contributed by atoms with E-state index in [1.807, 2.05) is 24.3 Å². The van der Waals surface area contributed by atoms with E-state index in [-0.39, 0.29) is 12.3 Å². The van der Waals surface area contributed by atoms with Crippen molar-refractivity contribution in [2.24, 2.45) is 5.73 Å². The molecule has 1 aromatic rings. The van der Waals surface area contributed by atoms with E-state index in [1.165, 1.54) is 0 Å². The molecular weight excluding hydrogens is 408 g/mol. The lowest BCUT2D eigenvalue weighted by Gasteiger charge is -2.24. The zero-order valence-corrected chi connectivity index (χ0v) is 17.3. The third kappa shape index (κ3) is 4.17. The highest BCUT2D eigenvalue weighted by atomic mass is 79.9. The number of benzene rings is 1. The van der Waals surface area contributed by atoms with E-state index >= 15 is 0 Å². The van der Waals surface area contributed by atoms with Crippen LogP contribution in [0, 0.1) is 0 Å². The van der Waals surface area contributed by atoms with Crippen LogP contribution in [0.4, 0.5) is 4.79 Å². The maximum Gasteiger partial charge on any atom is 0.408 e. The monoisotopic (exact) mass is 432 g/mol. The minimum absolute atomic E-state index is 0.0108. The molecule has 1 fully saturated rings. The summed E-state index contributed by atoms with van der Waals surface area (Å²) in [5, 5.41) is 1.99. The van der Waals surface area contributed by atoms with Gasteiger partial charge in [0.05, 0.1) is 10.8 Å². The Morgan fingerprint density at radius 1 is 1.32 bits per heavy atom. The maximum absolute atomic E-state index is 12.6. The fourth-order valence-electron chi connectivity index (χ4n) is 3.19. The lowest BCUT2D eigenvalue weighted by Crippen LogP contribution is -2.49. The van der Waals surface area contributed by atoms with Crippen molar-refractivity contribution in [3.63, 3.8) is 0 Å². The Morgan fingerprint density at radius 3 is 2.32 bits per heavy atom. The first-order chi connectivity index (χ1) is 11.5. The van der Waals surface area contributed by atoms with Crippen LogP contribution in [-0.4, -0.2) is 43.2 Å². The van der Waals surface area contributed by atoms with Crippen LogP contribution in [-0.2, 0) is 14.6 Å². The molecule has 3 atom stereocenters. The van der Waals surface area contributed by atoms with Gasteiger partial charge in [0.15, 0.2) is 9.84 Å². The number of carbonyl (C=O) groups is 1. The lowest BCUT2D eigenvalue weighted by atomic mass is 10.1. The molecule has 0 radical (unpaired) electrons. The lowest BCUT2D eigenvalue weighted by molar-refractivity contribution is 0.0497. The summed E-state index contributed by atoms with van der Waals surface area (Å²) in [6.45, 7) is 6.86. The number of rotatable bonds is 5. The van der Waals surface area contributed by atoms with Crippen molar-refractivity contribution in [1.29, 1.82) is 0 Å². The molecule has 0 heterocycles. The van der Waals surface area contributed by atoms with Crippen LogP contribution in [0.2, 0.25) is 0 Å². The van der Waals surface area contributed by atoms with Crippen LogP contribution >= 0.6 is 15.9 Å². The zero-order valence-electron chi connectivity index (χ0n) is 14.9. The van der Waals surface area contributed by atoms with Gasteiger partial charge in [-0.2, -0.15) is 0 Å². The summed E-state index contributed by atoms with van der Waals surface area (Å²) in [5.41, 5.74) is 5.03. The highest BCUT2D eigenvalue weighted by Gasteiger charge is 2.71. The summed E-state index contributed by atoms with van der Waals surface area (Å²) < 4.78 is 31.4. The second kappa shape index (κ2) is 6.89. The molecule has 2 rings (SSSR count). The zero-order chi connectivity index (χ0) is 19.0. The van der Waals surface area contributed by atoms with Crippen molar-refractivity contribution in [3.05, 3.63) is 34.3 Å². The smallest absolute Gasteiger partial charge is 0.408 e. The highest BCUT2D eigenvalue weighted by molar-refractivity contribution is 9.10. The first-order valence-corrected chi connectivity index (χ1v) is 10.7. The fourth-order valence-corrected chi connectivity index (χ4v) is 5.49. The number of halogens is 1. The molecule has 0 aromatic heterocycles. The minimum atomic E-state index is -3.40. The van der Waals surface area contributed by atoms with Crippen molar-refractivity contribution in [2.75, 3.05) is 12.3 Å². The molecule has 1 saturated carbocycles. The molecule has 0 saturated heterocycles. The van der Waals surface area contributed by atoms with Gasteiger partial charge >= 0.3 is 6.09 Å². The number of alkyl carbamates (subject to hydrolysis) is 1. The molecular formula is C17H25BrN2O4S. The summed E-state index contributed by atoms with van der Waals surface area (Å²) in [6.07, 6.45) is -0.658. The van der Waals surface area contributed by atoms with Crippen LogP contribution in [0.1, 0.15) is 39.2 Å². The normalized spacial score (nSPS) is 26.2. The summed E-state index contributed by atoms with van der Waals surface area (Å²) >= 11 is 3.37. The topological polar surface area (TPSA) is 98.5 Å². The Kier molecular flexibility index (Phi) is 5.56. The van der Waals surface area contributed by atoms with E-state index in [2.05, 4.69) is 21.2 Å². The Balaban J connectivity index is 2.38. The molecule has 1 aliphatic carbocycles. The van der Waals surface area contributed by atoms with Crippen molar-refractivity contribution in [3.8, 4) is 0 Å². The van der Waals surface area contributed by atoms with E-state index in [0.717, 1.165) is 10.0 Å². The van der Waals surface area contributed by atoms with Crippen LogP contribution in [0.3, 0.4) is 0 Å². The molecule has 1 aromatic carbocycles. The Labute approximate surface area is 157 Å². The summed E-state index contributed by atoms with van der Waals surface area (Å²) in [7, 11) is -3.40. The van der Waals surface area contributed by atoms with Gasteiger partial charge in [0.25, 0.3) is 0 Å². The molecule has 6 nitrogen and oxygen atoms in total. The van der Waals surface area contributed by atoms with Gasteiger partial charge in [-0.25, -0.2) is 13.2 Å². The summed E-state index contributed by atoms with van der Waals surface area (Å²) in [5.74, 6) is -0.411. The van der Waals surface area contributed by atoms with Gasteiger partial charge in [-0.05, 0) is 38.5 Å². The molecule has 0 unspecified atom stereocenters. The Morgan fingerprint density at radius 2 is 1.88 bits per heavy atom. The average Bonchev–Trinajstić information content (AvgIpc) is 3.15. The largest absolute Gasteiger partial charge is 0.444 e. The van der Waals surface area contributed by atoms with Crippen molar-refractivity contribution in [2.45, 2.75) is 50.0 Å². The number of nitrogens with two attached hydrogens (primary N) is 1. The molecule has 0 bridgehead atoms. The standard InChI is InChI=1S/C17H25BrN2O4S/c1-5-25(22,23)14-13(11-6-8-12(18)9-7-11)17(14,10-19)20-15(21)24-16(2,3)4/h6-9,13-14H,5,10,19H2,1-4H3,(H,20,21)/t13-,14+,17-/m1/s1. The molecule has 1 aliphatic rings. The summed E-state index contributed by atoms with van der Waals surface area (Å²) in [6, 6.07) is 7.39. The number of amides is 1. The molecule has 25 heavy (non-hydrogen) atoms. The van der Waals surface area contributed by atoms with E-state index in [4.69, 9.17) is 10.5 Å². The van der Waals surface area contributed by atoms with Crippen LogP contribution < -0.4 is 11.1 Å². The van der Waals surface area contributed by atoms with E-state index < -0.39 is 38.2 Å². The molecule has 0 aliphatic heterocycles.